The number of hydrogen-bond donors (Lipinski definition) is 1. The van der Waals surface area contributed by atoms with Crippen molar-refractivity contribution in [2.45, 2.75) is 32.3 Å². The van der Waals surface area contributed by atoms with Crippen molar-refractivity contribution in [2.75, 3.05) is 20.1 Å². The molecule has 0 aromatic carbocycles. The SMILES string of the molecule is C[C@@H]1CN(C)C[C@H]2[C@@H]1CC[C@]2(C)O. The van der Waals surface area contributed by atoms with Crippen LogP contribution in [0.4, 0.5) is 0 Å². The van der Waals surface area contributed by atoms with E-state index in [0.29, 0.717) is 5.92 Å². The first-order valence-electron chi connectivity index (χ1n) is 5.41. The van der Waals surface area contributed by atoms with E-state index in [9.17, 15) is 5.11 Å². The van der Waals surface area contributed by atoms with E-state index in [-0.39, 0.29) is 0 Å². The van der Waals surface area contributed by atoms with Crippen LogP contribution in [0.2, 0.25) is 0 Å². The Hall–Kier alpha value is -0.0800. The van der Waals surface area contributed by atoms with Crippen molar-refractivity contribution in [3.63, 3.8) is 0 Å². The maximum Gasteiger partial charge on any atom is 0.0662 e. The highest BCUT2D eigenvalue weighted by Gasteiger charge is 2.48. The number of fused-ring (bicyclic) bond motifs is 1. The molecule has 2 rings (SSSR count). The topological polar surface area (TPSA) is 23.5 Å². The smallest absolute Gasteiger partial charge is 0.0662 e. The van der Waals surface area contributed by atoms with Crippen LogP contribution >= 0.6 is 0 Å². The Labute approximate surface area is 80.9 Å². The van der Waals surface area contributed by atoms with Crippen LogP contribution in [0.15, 0.2) is 0 Å². The third-order valence-corrected chi connectivity index (χ3v) is 4.14. The second-order valence-corrected chi connectivity index (χ2v) is 5.36. The van der Waals surface area contributed by atoms with Crippen LogP contribution in [0.1, 0.15) is 26.7 Å². The molecule has 0 radical (unpaired) electrons. The molecule has 1 aliphatic carbocycles. The molecule has 0 unspecified atom stereocenters. The van der Waals surface area contributed by atoms with Gasteiger partial charge in [-0.3, -0.25) is 0 Å². The lowest BCUT2D eigenvalue weighted by molar-refractivity contribution is -0.0301. The molecule has 1 N–H and O–H groups in total. The molecular formula is C11H21NO. The van der Waals surface area contributed by atoms with Gasteiger partial charge in [-0.25, -0.2) is 0 Å². The van der Waals surface area contributed by atoms with Gasteiger partial charge in [-0.05, 0) is 38.6 Å². The average molecular weight is 183 g/mol. The summed E-state index contributed by atoms with van der Waals surface area (Å²) in [5, 5.41) is 10.2. The van der Waals surface area contributed by atoms with E-state index in [1.165, 1.54) is 13.0 Å². The number of piperidine rings is 1. The molecule has 0 aromatic rings. The van der Waals surface area contributed by atoms with Crippen LogP contribution in [0.3, 0.4) is 0 Å². The first-order chi connectivity index (χ1) is 6.00. The second kappa shape index (κ2) is 2.96. The summed E-state index contributed by atoms with van der Waals surface area (Å²) < 4.78 is 0. The molecule has 0 bridgehead atoms. The molecule has 2 heteroatoms. The highest BCUT2D eigenvalue weighted by atomic mass is 16.3. The Morgan fingerprint density at radius 3 is 2.77 bits per heavy atom. The Bertz CT molecular complexity index is 202. The fourth-order valence-corrected chi connectivity index (χ4v) is 3.36. The predicted molar refractivity (Wildman–Crippen MR) is 53.5 cm³/mol. The predicted octanol–water partition coefficient (Wildman–Crippen LogP) is 1.35. The Morgan fingerprint density at radius 2 is 2.08 bits per heavy atom. The van der Waals surface area contributed by atoms with Crippen molar-refractivity contribution in [3.05, 3.63) is 0 Å². The van der Waals surface area contributed by atoms with Crippen molar-refractivity contribution >= 4 is 0 Å². The van der Waals surface area contributed by atoms with Crippen LogP contribution in [0, 0.1) is 17.8 Å². The van der Waals surface area contributed by atoms with E-state index in [2.05, 4.69) is 18.9 Å². The Morgan fingerprint density at radius 1 is 1.38 bits per heavy atom. The summed E-state index contributed by atoms with van der Waals surface area (Å²) in [4.78, 5) is 2.37. The monoisotopic (exact) mass is 183 g/mol. The van der Waals surface area contributed by atoms with Crippen LogP contribution in [-0.4, -0.2) is 35.7 Å². The zero-order chi connectivity index (χ0) is 9.64. The van der Waals surface area contributed by atoms with E-state index in [4.69, 9.17) is 0 Å². The molecule has 1 saturated heterocycles. The molecule has 0 spiro atoms. The maximum atomic E-state index is 10.2. The maximum absolute atomic E-state index is 10.2. The van der Waals surface area contributed by atoms with Crippen LogP contribution in [0.5, 0.6) is 0 Å². The summed E-state index contributed by atoms with van der Waals surface area (Å²) in [6, 6.07) is 0. The summed E-state index contributed by atoms with van der Waals surface area (Å²) >= 11 is 0. The molecule has 76 valence electrons. The molecule has 1 aliphatic heterocycles. The number of hydrogen-bond acceptors (Lipinski definition) is 2. The lowest BCUT2D eigenvalue weighted by atomic mass is 9.77. The number of rotatable bonds is 0. The minimum Gasteiger partial charge on any atom is -0.390 e. The number of nitrogens with zero attached hydrogens (tertiary/aromatic N) is 1. The van der Waals surface area contributed by atoms with Gasteiger partial charge in [-0.1, -0.05) is 6.92 Å². The van der Waals surface area contributed by atoms with E-state index < -0.39 is 5.60 Å². The fourth-order valence-electron chi connectivity index (χ4n) is 3.36. The Kier molecular flexibility index (Phi) is 2.16. The zero-order valence-corrected chi connectivity index (χ0v) is 8.95. The molecule has 2 aliphatic rings. The summed E-state index contributed by atoms with van der Waals surface area (Å²) in [5.41, 5.74) is -0.395. The normalized spacial score (nSPS) is 52.2. The van der Waals surface area contributed by atoms with E-state index in [1.54, 1.807) is 0 Å². The highest BCUT2D eigenvalue weighted by Crippen LogP contribution is 2.46. The fraction of sp³-hybridized carbons (Fsp3) is 1.00. The summed E-state index contributed by atoms with van der Waals surface area (Å²) in [6.07, 6.45) is 2.23. The second-order valence-electron chi connectivity index (χ2n) is 5.36. The van der Waals surface area contributed by atoms with Gasteiger partial charge in [0.25, 0.3) is 0 Å². The van der Waals surface area contributed by atoms with Crippen molar-refractivity contribution < 1.29 is 5.11 Å². The van der Waals surface area contributed by atoms with Crippen LogP contribution < -0.4 is 0 Å². The van der Waals surface area contributed by atoms with E-state index >= 15 is 0 Å². The quantitative estimate of drug-likeness (QED) is 0.612. The summed E-state index contributed by atoms with van der Waals surface area (Å²) in [7, 11) is 2.17. The van der Waals surface area contributed by atoms with Gasteiger partial charge in [0.2, 0.25) is 0 Å². The van der Waals surface area contributed by atoms with Gasteiger partial charge in [-0.15, -0.1) is 0 Å². The molecule has 1 saturated carbocycles. The third kappa shape index (κ3) is 1.50. The van der Waals surface area contributed by atoms with Gasteiger partial charge in [0.05, 0.1) is 5.60 Å². The molecule has 13 heavy (non-hydrogen) atoms. The standard InChI is InChI=1S/C11H21NO/c1-8-6-12(3)7-10-9(8)4-5-11(10,2)13/h8-10,13H,4-7H2,1-3H3/t8-,9-,10+,11+/m1/s1. The minimum atomic E-state index is -0.395. The molecule has 2 fully saturated rings. The molecule has 4 atom stereocenters. The lowest BCUT2D eigenvalue weighted by Crippen LogP contribution is -2.48. The van der Waals surface area contributed by atoms with Gasteiger partial charge >= 0.3 is 0 Å². The minimum absolute atomic E-state index is 0.395. The molecular weight excluding hydrogens is 162 g/mol. The molecule has 0 amide bonds. The number of likely N-dealkylation sites (tertiary alicyclic amines) is 1. The molecule has 1 heterocycles. The van der Waals surface area contributed by atoms with E-state index in [0.717, 1.165) is 24.8 Å². The van der Waals surface area contributed by atoms with E-state index in [1.807, 2.05) is 6.92 Å². The van der Waals surface area contributed by atoms with Gasteiger partial charge in [-0.2, -0.15) is 0 Å². The van der Waals surface area contributed by atoms with Crippen molar-refractivity contribution in [3.8, 4) is 0 Å². The summed E-state index contributed by atoms with van der Waals surface area (Å²) in [5.74, 6) is 2.05. The van der Waals surface area contributed by atoms with Crippen molar-refractivity contribution in [1.29, 1.82) is 0 Å². The third-order valence-electron chi connectivity index (χ3n) is 4.14. The lowest BCUT2D eigenvalue weighted by Gasteiger charge is -2.41. The Balaban J connectivity index is 2.16. The summed E-state index contributed by atoms with van der Waals surface area (Å²) in [6.45, 7) is 6.64. The first-order valence-corrected chi connectivity index (χ1v) is 5.41. The van der Waals surface area contributed by atoms with Gasteiger partial charge in [0.15, 0.2) is 0 Å². The highest BCUT2D eigenvalue weighted by molar-refractivity contribution is 4.99. The van der Waals surface area contributed by atoms with Gasteiger partial charge in [0.1, 0.15) is 0 Å². The first kappa shape index (κ1) is 9.47. The van der Waals surface area contributed by atoms with Crippen LogP contribution in [-0.2, 0) is 0 Å². The average Bonchev–Trinajstić information content (AvgIpc) is 2.28. The van der Waals surface area contributed by atoms with Gasteiger partial charge < -0.3 is 10.0 Å². The number of aliphatic hydroxyl groups is 1. The zero-order valence-electron chi connectivity index (χ0n) is 8.95. The molecule has 2 nitrogen and oxygen atoms in total. The molecule has 0 aromatic heterocycles. The van der Waals surface area contributed by atoms with Crippen molar-refractivity contribution in [2.24, 2.45) is 17.8 Å². The van der Waals surface area contributed by atoms with Gasteiger partial charge in [0, 0.05) is 19.0 Å². The van der Waals surface area contributed by atoms with Crippen LogP contribution in [0.25, 0.3) is 0 Å². The largest absolute Gasteiger partial charge is 0.390 e. The van der Waals surface area contributed by atoms with Crippen molar-refractivity contribution in [1.82, 2.24) is 4.90 Å².